The van der Waals surface area contributed by atoms with E-state index in [-0.39, 0.29) is 28.9 Å². The molecule has 0 spiro atoms. The summed E-state index contributed by atoms with van der Waals surface area (Å²) in [4.78, 5) is 0. The molecule has 0 bridgehead atoms. The molecule has 0 aliphatic rings. The maximum atomic E-state index is 15.5. The summed E-state index contributed by atoms with van der Waals surface area (Å²) < 4.78 is 66.5. The molecule has 0 aliphatic heterocycles. The van der Waals surface area contributed by atoms with E-state index in [9.17, 15) is 5.26 Å². The van der Waals surface area contributed by atoms with E-state index in [0.717, 1.165) is 16.7 Å². The van der Waals surface area contributed by atoms with Crippen LogP contribution in [0, 0.1) is 30.9 Å². The number of hydrogen-bond acceptors (Lipinski definition) is 2. The minimum atomic E-state index is -2.50. The van der Waals surface area contributed by atoms with Crippen molar-refractivity contribution >= 4 is 21.9 Å². The molecular weight excluding hydrogens is 507 g/mol. The van der Waals surface area contributed by atoms with E-state index < -0.39 is 18.1 Å². The third-order valence-corrected chi connectivity index (χ3v) is 7.59. The third-order valence-electron chi connectivity index (χ3n) is 7.59. The van der Waals surface area contributed by atoms with E-state index in [1.165, 1.54) is 4.57 Å². The van der Waals surface area contributed by atoms with Crippen LogP contribution in [-0.2, 0) is 12.5 Å². The van der Waals surface area contributed by atoms with Crippen molar-refractivity contribution in [1.29, 1.82) is 5.26 Å². The van der Waals surface area contributed by atoms with E-state index in [4.69, 9.17) is 11.3 Å². The second-order valence-electron chi connectivity index (χ2n) is 11.4. The molecule has 0 radical (unpaired) electrons. The number of pyridine rings is 1. The Morgan fingerprint density at radius 1 is 0.902 bits per heavy atom. The number of benzene rings is 4. The maximum absolute atomic E-state index is 15.5. The number of rotatable bonds is 3. The van der Waals surface area contributed by atoms with E-state index in [2.05, 4.69) is 6.07 Å². The van der Waals surface area contributed by atoms with Crippen molar-refractivity contribution < 1.29 is 20.2 Å². The molecular formula is C37H32FN2O+. The fourth-order valence-corrected chi connectivity index (χ4v) is 5.49. The van der Waals surface area contributed by atoms with Crippen molar-refractivity contribution in [1.82, 2.24) is 0 Å². The summed E-state index contributed by atoms with van der Waals surface area (Å²) in [6.07, 6.45) is -0.350. The molecule has 0 fully saturated rings. The Kier molecular flexibility index (Phi) is 4.99. The summed E-state index contributed by atoms with van der Waals surface area (Å²) in [5, 5.41) is 11.6. The maximum Gasteiger partial charge on any atom is 0.216 e. The van der Waals surface area contributed by atoms with Crippen LogP contribution < -0.4 is 4.57 Å². The Morgan fingerprint density at radius 3 is 2.29 bits per heavy atom. The molecule has 41 heavy (non-hydrogen) atoms. The zero-order chi connectivity index (χ0) is 33.3. The first-order valence-corrected chi connectivity index (χ1v) is 13.4. The first-order chi connectivity index (χ1) is 21.6. The fraction of sp³-hybridized carbons (Fsp3) is 0.189. The van der Waals surface area contributed by atoms with E-state index in [1.54, 1.807) is 31.3 Å². The van der Waals surface area contributed by atoms with Gasteiger partial charge in [0, 0.05) is 32.1 Å². The molecule has 6 rings (SSSR count). The lowest BCUT2D eigenvalue weighted by Gasteiger charge is -2.19. The normalized spacial score (nSPS) is 13.8. The van der Waals surface area contributed by atoms with Gasteiger partial charge in [-0.25, -0.2) is 4.39 Å². The number of aryl methyl sites for hydroxylation is 2. The van der Waals surface area contributed by atoms with Crippen LogP contribution in [0.3, 0.4) is 0 Å². The highest BCUT2D eigenvalue weighted by molar-refractivity contribution is 6.14. The first kappa shape index (κ1) is 21.1. The van der Waals surface area contributed by atoms with Gasteiger partial charge in [-0.1, -0.05) is 81.4 Å². The van der Waals surface area contributed by atoms with E-state index in [1.807, 2.05) is 76.2 Å². The van der Waals surface area contributed by atoms with Crippen LogP contribution in [-0.4, -0.2) is 0 Å². The van der Waals surface area contributed by atoms with Gasteiger partial charge >= 0.3 is 0 Å². The van der Waals surface area contributed by atoms with Gasteiger partial charge < -0.3 is 4.42 Å². The molecule has 2 heterocycles. The second-order valence-corrected chi connectivity index (χ2v) is 11.4. The largest absolute Gasteiger partial charge is 0.454 e. The highest BCUT2D eigenvalue weighted by atomic mass is 19.1. The lowest BCUT2D eigenvalue weighted by Crippen LogP contribution is -2.33. The van der Waals surface area contributed by atoms with Crippen molar-refractivity contribution in [3.63, 3.8) is 0 Å². The van der Waals surface area contributed by atoms with E-state index >= 15 is 4.39 Å². The summed E-state index contributed by atoms with van der Waals surface area (Å²) in [6.45, 7) is 4.79. The van der Waals surface area contributed by atoms with Crippen molar-refractivity contribution in [2.24, 2.45) is 7.05 Å². The number of hydrogen-bond donors (Lipinski definition) is 0. The van der Waals surface area contributed by atoms with Gasteiger partial charge in [0.15, 0.2) is 5.82 Å². The number of fused-ring (bicyclic) bond motifs is 3. The van der Waals surface area contributed by atoms with Gasteiger partial charge in [0.1, 0.15) is 19.6 Å². The Balaban J connectivity index is 1.72. The topological polar surface area (TPSA) is 40.8 Å². The molecule has 2 aromatic heterocycles. The van der Waals surface area contributed by atoms with Crippen LogP contribution in [0.4, 0.5) is 4.39 Å². The molecule has 0 unspecified atom stereocenters. The number of aromatic nitrogens is 1. The highest BCUT2D eigenvalue weighted by Crippen LogP contribution is 2.43. The Labute approximate surface area is 247 Å². The lowest BCUT2D eigenvalue weighted by atomic mass is 9.86. The van der Waals surface area contributed by atoms with Crippen molar-refractivity contribution in [2.75, 3.05) is 0 Å². The first-order valence-electron chi connectivity index (χ1n) is 15.9. The third kappa shape index (κ3) is 4.39. The van der Waals surface area contributed by atoms with E-state index in [0.29, 0.717) is 44.3 Å². The molecule has 0 N–H and O–H groups in total. The number of nitriles is 1. The average molecular weight is 545 g/mol. The second kappa shape index (κ2) is 9.71. The van der Waals surface area contributed by atoms with Crippen LogP contribution in [0.2, 0.25) is 0 Å². The van der Waals surface area contributed by atoms with Crippen LogP contribution in [0.15, 0.2) is 89.4 Å². The van der Waals surface area contributed by atoms with Gasteiger partial charge in [0.25, 0.3) is 0 Å². The summed E-state index contributed by atoms with van der Waals surface area (Å²) in [7, 11) is 1.56. The predicted molar refractivity (Wildman–Crippen MR) is 164 cm³/mol. The molecule has 0 saturated heterocycles. The molecule has 0 atom stereocenters. The zero-order valence-electron chi connectivity index (χ0n) is 28.6. The lowest BCUT2D eigenvalue weighted by molar-refractivity contribution is -0.662. The van der Waals surface area contributed by atoms with Crippen LogP contribution in [0.25, 0.3) is 55.4 Å². The average Bonchev–Trinajstić information content (AvgIpc) is 3.38. The van der Waals surface area contributed by atoms with Gasteiger partial charge in [-0.2, -0.15) is 9.83 Å². The number of nitrogens with zero attached hydrogens (tertiary/aromatic N) is 2. The van der Waals surface area contributed by atoms with Crippen LogP contribution >= 0.6 is 0 Å². The fourth-order valence-electron chi connectivity index (χ4n) is 5.49. The monoisotopic (exact) mass is 544 g/mol. The Hall–Kier alpha value is -4.75. The van der Waals surface area contributed by atoms with Gasteiger partial charge in [0.2, 0.25) is 11.9 Å². The smallest absolute Gasteiger partial charge is 0.216 e. The van der Waals surface area contributed by atoms with Gasteiger partial charge in [-0.05, 0) is 59.1 Å². The summed E-state index contributed by atoms with van der Waals surface area (Å²) in [5.74, 6) is -0.740. The molecule has 4 aromatic carbocycles. The van der Waals surface area contributed by atoms with Crippen LogP contribution in [0.5, 0.6) is 0 Å². The summed E-state index contributed by atoms with van der Waals surface area (Å²) in [5.41, 5.74) is 4.37. The Bertz CT molecular complexity index is 2240. The van der Waals surface area contributed by atoms with Crippen molar-refractivity contribution in [3.8, 4) is 39.6 Å². The number of halogens is 1. The summed E-state index contributed by atoms with van der Waals surface area (Å²) >= 11 is 0. The van der Waals surface area contributed by atoms with Crippen molar-refractivity contribution in [3.05, 3.63) is 113 Å². The number of furan rings is 1. The molecule has 6 aromatic rings. The highest BCUT2D eigenvalue weighted by Gasteiger charge is 2.28. The molecule has 4 heteroatoms. The zero-order valence-corrected chi connectivity index (χ0v) is 23.6. The van der Waals surface area contributed by atoms with Crippen molar-refractivity contribution in [2.45, 2.75) is 40.0 Å². The Morgan fingerprint density at radius 2 is 1.61 bits per heavy atom. The standard InChI is InChI=1S/C37H32FN2O/c1-22-12-15-28-29-17-14-26(20-39)34(27-16-13-25(18-23(27)2)24-10-8-7-9-11-24)36(29)41-35(28)33(22)32-19-30(37(3,4)5)31(38)21-40(32)6/h7-19,21H,1-6H3/q+1/i2D3,19D,21D. The molecule has 0 saturated carbocycles. The molecule has 202 valence electrons. The SMILES string of the molecule is [2H]c1c(C(C)(C)C)c(F)c([2H])[n+](C)c1-c1c(C)ccc2c1oc1c(-c3ccc(-c4ccccc4)cc3C([2H])([2H])[2H])c(C#N)ccc12. The molecule has 0 aliphatic carbocycles. The van der Waals surface area contributed by atoms with Gasteiger partial charge in [-0.3, -0.25) is 0 Å². The molecule has 0 amide bonds. The predicted octanol–water partition coefficient (Wildman–Crippen LogP) is 9.34. The molecule has 3 nitrogen and oxygen atoms in total. The van der Waals surface area contributed by atoms with Gasteiger partial charge in [0.05, 0.1) is 18.6 Å². The quantitative estimate of drug-likeness (QED) is 0.208. The van der Waals surface area contributed by atoms with Gasteiger partial charge in [-0.15, -0.1) is 0 Å². The van der Waals surface area contributed by atoms with Crippen LogP contribution in [0.1, 0.15) is 49.9 Å². The minimum absolute atomic E-state index is 0.0429. The summed E-state index contributed by atoms with van der Waals surface area (Å²) in [6, 6.07) is 24.1. The minimum Gasteiger partial charge on any atom is -0.454 e.